The zero-order valence-corrected chi connectivity index (χ0v) is 8.44. The Morgan fingerprint density at radius 2 is 2.27 bits per heavy atom. The highest BCUT2D eigenvalue weighted by Crippen LogP contribution is 2.31. The van der Waals surface area contributed by atoms with Gasteiger partial charge in [0.15, 0.2) is 0 Å². The van der Waals surface area contributed by atoms with Gasteiger partial charge in [0.05, 0.1) is 0 Å². The summed E-state index contributed by atoms with van der Waals surface area (Å²) in [6.45, 7) is 0. The molecule has 0 radical (unpaired) electrons. The van der Waals surface area contributed by atoms with Crippen molar-refractivity contribution in [3.05, 3.63) is 0 Å². The summed E-state index contributed by atoms with van der Waals surface area (Å²) in [4.78, 5) is 0.763. The molecule has 0 aromatic heterocycles. The molecule has 0 aliphatic heterocycles. The SMILES string of the molecule is C#CCCC1CCCC(Br)C1. The molecule has 2 atom stereocenters. The highest BCUT2D eigenvalue weighted by molar-refractivity contribution is 9.09. The average molecular weight is 215 g/mol. The van der Waals surface area contributed by atoms with Crippen LogP contribution in [0.4, 0.5) is 0 Å². The zero-order chi connectivity index (χ0) is 8.10. The summed E-state index contributed by atoms with van der Waals surface area (Å²) in [5, 5.41) is 0. The fourth-order valence-electron chi connectivity index (χ4n) is 1.78. The first-order valence-corrected chi connectivity index (χ1v) is 5.32. The second kappa shape index (κ2) is 4.83. The molecule has 2 unspecified atom stereocenters. The molecular weight excluding hydrogens is 200 g/mol. The van der Waals surface area contributed by atoms with Crippen molar-refractivity contribution in [1.29, 1.82) is 0 Å². The largest absolute Gasteiger partial charge is 0.120 e. The number of alkyl halides is 1. The lowest BCUT2D eigenvalue weighted by atomic mass is 9.86. The monoisotopic (exact) mass is 214 g/mol. The van der Waals surface area contributed by atoms with Crippen molar-refractivity contribution in [2.45, 2.75) is 43.4 Å². The van der Waals surface area contributed by atoms with E-state index in [1.54, 1.807) is 0 Å². The summed E-state index contributed by atoms with van der Waals surface area (Å²) < 4.78 is 0. The van der Waals surface area contributed by atoms with Crippen LogP contribution < -0.4 is 0 Å². The van der Waals surface area contributed by atoms with Crippen LogP contribution in [0.15, 0.2) is 0 Å². The van der Waals surface area contributed by atoms with Crippen molar-refractivity contribution in [2.75, 3.05) is 0 Å². The molecule has 62 valence electrons. The summed E-state index contributed by atoms with van der Waals surface area (Å²) in [6.07, 6.45) is 12.9. The van der Waals surface area contributed by atoms with Crippen LogP contribution in [-0.2, 0) is 0 Å². The molecule has 1 fully saturated rings. The molecule has 1 aliphatic carbocycles. The van der Waals surface area contributed by atoms with E-state index in [-0.39, 0.29) is 0 Å². The molecule has 1 rings (SSSR count). The third-order valence-electron chi connectivity index (χ3n) is 2.42. The average Bonchev–Trinajstić information content (AvgIpc) is 2.01. The Hall–Kier alpha value is 0.0400. The van der Waals surface area contributed by atoms with Crippen LogP contribution in [0.2, 0.25) is 0 Å². The topological polar surface area (TPSA) is 0 Å². The first-order valence-electron chi connectivity index (χ1n) is 4.40. The van der Waals surface area contributed by atoms with E-state index >= 15 is 0 Å². The number of rotatable bonds is 2. The lowest BCUT2D eigenvalue weighted by Gasteiger charge is -2.24. The van der Waals surface area contributed by atoms with Crippen LogP contribution in [0.3, 0.4) is 0 Å². The predicted molar refractivity (Wildman–Crippen MR) is 52.7 cm³/mol. The minimum absolute atomic E-state index is 0.763. The van der Waals surface area contributed by atoms with Gasteiger partial charge in [-0.15, -0.1) is 12.3 Å². The van der Waals surface area contributed by atoms with E-state index in [1.807, 2.05) is 0 Å². The van der Waals surface area contributed by atoms with Gasteiger partial charge in [-0.25, -0.2) is 0 Å². The van der Waals surface area contributed by atoms with E-state index in [4.69, 9.17) is 6.42 Å². The molecule has 0 spiro atoms. The maximum Gasteiger partial charge on any atom is 0.0148 e. The van der Waals surface area contributed by atoms with E-state index in [2.05, 4.69) is 21.9 Å². The molecular formula is C10H15Br. The number of terminal acetylenes is 1. The van der Waals surface area contributed by atoms with Crippen LogP contribution in [0.25, 0.3) is 0 Å². The smallest absolute Gasteiger partial charge is 0.0148 e. The van der Waals surface area contributed by atoms with E-state index < -0.39 is 0 Å². The second-order valence-corrected chi connectivity index (χ2v) is 4.67. The Kier molecular flexibility index (Phi) is 4.01. The molecule has 0 bridgehead atoms. The van der Waals surface area contributed by atoms with Gasteiger partial charge in [0.1, 0.15) is 0 Å². The van der Waals surface area contributed by atoms with Crippen molar-refractivity contribution in [2.24, 2.45) is 5.92 Å². The highest BCUT2D eigenvalue weighted by atomic mass is 79.9. The zero-order valence-electron chi connectivity index (χ0n) is 6.85. The molecule has 1 saturated carbocycles. The Bertz CT molecular complexity index is 145. The third-order valence-corrected chi connectivity index (χ3v) is 3.25. The van der Waals surface area contributed by atoms with Crippen LogP contribution in [0.5, 0.6) is 0 Å². The molecule has 0 aromatic carbocycles. The quantitative estimate of drug-likeness (QED) is 0.489. The summed E-state index contributed by atoms with van der Waals surface area (Å²) in [7, 11) is 0. The van der Waals surface area contributed by atoms with Gasteiger partial charge >= 0.3 is 0 Å². The van der Waals surface area contributed by atoms with Crippen molar-refractivity contribution in [3.63, 3.8) is 0 Å². The number of halogens is 1. The van der Waals surface area contributed by atoms with E-state index in [9.17, 15) is 0 Å². The fourth-order valence-corrected chi connectivity index (χ4v) is 2.63. The lowest BCUT2D eigenvalue weighted by Crippen LogP contribution is -2.14. The number of hydrogen-bond donors (Lipinski definition) is 0. The Balaban J connectivity index is 2.18. The molecule has 0 aromatic rings. The Morgan fingerprint density at radius 3 is 2.91 bits per heavy atom. The van der Waals surface area contributed by atoms with Gasteiger partial charge in [0.25, 0.3) is 0 Å². The van der Waals surface area contributed by atoms with Gasteiger partial charge in [0.2, 0.25) is 0 Å². The van der Waals surface area contributed by atoms with Crippen molar-refractivity contribution in [1.82, 2.24) is 0 Å². The minimum Gasteiger partial charge on any atom is -0.120 e. The summed E-state index contributed by atoms with van der Waals surface area (Å²) in [5.74, 6) is 3.61. The highest BCUT2D eigenvalue weighted by Gasteiger charge is 2.18. The standard InChI is InChI=1S/C10H15Br/c1-2-3-5-9-6-4-7-10(11)8-9/h1,9-10H,3-8H2. The van der Waals surface area contributed by atoms with Crippen LogP contribution in [-0.4, -0.2) is 4.83 Å². The van der Waals surface area contributed by atoms with Gasteiger partial charge in [0, 0.05) is 11.2 Å². The molecule has 0 amide bonds. The lowest BCUT2D eigenvalue weighted by molar-refractivity contribution is 0.353. The first kappa shape index (κ1) is 9.13. The molecule has 0 heterocycles. The van der Waals surface area contributed by atoms with Crippen LogP contribution >= 0.6 is 15.9 Å². The van der Waals surface area contributed by atoms with Crippen molar-refractivity contribution < 1.29 is 0 Å². The maximum absolute atomic E-state index is 5.22. The third kappa shape index (κ3) is 3.29. The maximum atomic E-state index is 5.22. The molecule has 11 heavy (non-hydrogen) atoms. The Morgan fingerprint density at radius 1 is 1.45 bits per heavy atom. The summed E-state index contributed by atoms with van der Waals surface area (Å²) in [6, 6.07) is 0. The normalized spacial score (nSPS) is 31.3. The van der Waals surface area contributed by atoms with Gasteiger partial charge in [-0.2, -0.15) is 0 Å². The van der Waals surface area contributed by atoms with E-state index in [0.717, 1.165) is 17.2 Å². The van der Waals surface area contributed by atoms with E-state index in [0.29, 0.717) is 0 Å². The molecule has 1 aliphatic rings. The minimum atomic E-state index is 0.763. The van der Waals surface area contributed by atoms with Crippen LogP contribution in [0.1, 0.15) is 38.5 Å². The van der Waals surface area contributed by atoms with Gasteiger partial charge in [-0.1, -0.05) is 28.8 Å². The molecule has 1 heteroatoms. The molecule has 0 nitrogen and oxygen atoms in total. The molecule has 0 saturated heterocycles. The van der Waals surface area contributed by atoms with E-state index in [1.165, 1.54) is 32.1 Å². The van der Waals surface area contributed by atoms with Crippen LogP contribution in [0, 0.1) is 18.3 Å². The van der Waals surface area contributed by atoms with Gasteiger partial charge < -0.3 is 0 Å². The Labute approximate surface area is 77.9 Å². The first-order chi connectivity index (χ1) is 5.33. The summed E-state index contributed by atoms with van der Waals surface area (Å²) >= 11 is 3.67. The van der Waals surface area contributed by atoms with Crippen molar-refractivity contribution in [3.8, 4) is 12.3 Å². The van der Waals surface area contributed by atoms with Gasteiger partial charge in [-0.3, -0.25) is 0 Å². The molecule has 0 N–H and O–H groups in total. The van der Waals surface area contributed by atoms with Crippen molar-refractivity contribution >= 4 is 15.9 Å². The van der Waals surface area contributed by atoms with Gasteiger partial charge in [-0.05, 0) is 25.2 Å². The fraction of sp³-hybridized carbons (Fsp3) is 0.800. The predicted octanol–water partition coefficient (Wildman–Crippen LogP) is 3.35. The summed E-state index contributed by atoms with van der Waals surface area (Å²) in [5.41, 5.74) is 0. The number of hydrogen-bond acceptors (Lipinski definition) is 0. The second-order valence-electron chi connectivity index (χ2n) is 3.37.